The number of hydrogen-bond acceptors (Lipinski definition) is 2. The Morgan fingerprint density at radius 3 is 2.43 bits per heavy atom. The summed E-state index contributed by atoms with van der Waals surface area (Å²) in [5.41, 5.74) is 0.239. The van der Waals surface area contributed by atoms with Gasteiger partial charge in [-0.15, -0.1) is 0 Å². The highest BCUT2D eigenvalue weighted by Gasteiger charge is 2.31. The molecule has 1 amide bonds. The zero-order valence-corrected chi connectivity index (χ0v) is 13.0. The van der Waals surface area contributed by atoms with E-state index in [2.05, 4.69) is 5.32 Å². The summed E-state index contributed by atoms with van der Waals surface area (Å²) in [6.45, 7) is 0. The first-order chi connectivity index (χ1) is 9.99. The van der Waals surface area contributed by atoms with E-state index < -0.39 is 17.9 Å². The molecule has 1 unspecified atom stereocenters. The van der Waals surface area contributed by atoms with Gasteiger partial charge in [0.25, 0.3) is 5.91 Å². The fourth-order valence-electron chi connectivity index (χ4n) is 2.74. The van der Waals surface area contributed by atoms with Crippen molar-refractivity contribution in [3.8, 4) is 0 Å². The highest BCUT2D eigenvalue weighted by Crippen LogP contribution is 2.27. The van der Waals surface area contributed by atoms with E-state index in [1.165, 1.54) is 12.1 Å². The summed E-state index contributed by atoms with van der Waals surface area (Å²) in [5.74, 6) is -1.50. The molecule has 1 fully saturated rings. The summed E-state index contributed by atoms with van der Waals surface area (Å²) in [6.07, 6.45) is 4.79. The minimum Gasteiger partial charge on any atom is -0.480 e. The van der Waals surface area contributed by atoms with Gasteiger partial charge in [-0.1, -0.05) is 42.5 Å². The molecule has 0 aliphatic heterocycles. The monoisotopic (exact) mass is 329 g/mol. The fourth-order valence-corrected chi connectivity index (χ4v) is 3.24. The molecule has 1 aromatic carbocycles. The van der Waals surface area contributed by atoms with Crippen LogP contribution < -0.4 is 5.32 Å². The van der Waals surface area contributed by atoms with E-state index in [4.69, 9.17) is 23.2 Å². The average Bonchev–Trinajstić information content (AvgIpc) is 2.45. The van der Waals surface area contributed by atoms with Crippen LogP contribution in [0, 0.1) is 5.92 Å². The van der Waals surface area contributed by atoms with Crippen molar-refractivity contribution in [1.29, 1.82) is 0 Å². The molecule has 0 spiro atoms. The van der Waals surface area contributed by atoms with Gasteiger partial charge in [0.2, 0.25) is 0 Å². The first-order valence-electron chi connectivity index (χ1n) is 6.98. The second-order valence-electron chi connectivity index (χ2n) is 5.31. The van der Waals surface area contributed by atoms with Crippen molar-refractivity contribution >= 4 is 35.1 Å². The summed E-state index contributed by atoms with van der Waals surface area (Å²) >= 11 is 11.8. The van der Waals surface area contributed by atoms with Gasteiger partial charge in [-0.2, -0.15) is 0 Å². The van der Waals surface area contributed by atoms with E-state index in [1.807, 2.05) is 0 Å². The van der Waals surface area contributed by atoms with E-state index in [9.17, 15) is 14.7 Å². The molecule has 21 heavy (non-hydrogen) atoms. The topological polar surface area (TPSA) is 66.4 Å². The number of rotatable bonds is 4. The van der Waals surface area contributed by atoms with Crippen LogP contribution >= 0.6 is 23.2 Å². The highest BCUT2D eigenvalue weighted by molar-refractivity contribution is 6.36. The van der Waals surface area contributed by atoms with Crippen LogP contribution in [-0.4, -0.2) is 23.0 Å². The van der Waals surface area contributed by atoms with Gasteiger partial charge in [0.15, 0.2) is 0 Å². The third-order valence-electron chi connectivity index (χ3n) is 3.85. The Kier molecular flexibility index (Phi) is 5.48. The maximum absolute atomic E-state index is 12.2. The van der Waals surface area contributed by atoms with Gasteiger partial charge in [-0.25, -0.2) is 4.79 Å². The molecule has 0 heterocycles. The molecule has 1 aliphatic rings. The van der Waals surface area contributed by atoms with E-state index in [-0.39, 0.29) is 16.5 Å². The molecule has 2 N–H and O–H groups in total. The first kappa shape index (κ1) is 16.1. The Bertz CT molecular complexity index is 542. The second-order valence-corrected chi connectivity index (χ2v) is 6.16. The Morgan fingerprint density at radius 1 is 1.19 bits per heavy atom. The number of hydrogen-bond donors (Lipinski definition) is 2. The number of aliphatic carboxylic acids is 1. The standard InChI is InChI=1S/C15H17Cl2NO3/c16-10-6-7-11(12(17)8-10)14(19)18-13(15(20)21)9-4-2-1-3-5-9/h6-9,13H,1-5H2,(H,18,19)(H,20,21). The molecule has 114 valence electrons. The molecular formula is C15H17Cl2NO3. The quantitative estimate of drug-likeness (QED) is 0.883. The lowest BCUT2D eigenvalue weighted by atomic mass is 9.84. The van der Waals surface area contributed by atoms with Crippen LogP contribution in [0.25, 0.3) is 0 Å². The van der Waals surface area contributed by atoms with Crippen LogP contribution in [0.1, 0.15) is 42.5 Å². The normalized spacial score (nSPS) is 17.2. The van der Waals surface area contributed by atoms with Gasteiger partial charge in [-0.3, -0.25) is 4.79 Å². The molecule has 1 aliphatic carbocycles. The molecule has 0 bridgehead atoms. The average molecular weight is 330 g/mol. The van der Waals surface area contributed by atoms with Gasteiger partial charge in [-0.05, 0) is 37.0 Å². The summed E-state index contributed by atoms with van der Waals surface area (Å²) < 4.78 is 0. The molecule has 1 aromatic rings. The largest absolute Gasteiger partial charge is 0.480 e. The minimum atomic E-state index is -1.000. The maximum Gasteiger partial charge on any atom is 0.326 e. The van der Waals surface area contributed by atoms with Crippen molar-refractivity contribution in [3.63, 3.8) is 0 Å². The van der Waals surface area contributed by atoms with Crippen molar-refractivity contribution in [1.82, 2.24) is 5.32 Å². The van der Waals surface area contributed by atoms with Crippen LogP contribution in [-0.2, 0) is 4.79 Å². The first-order valence-corrected chi connectivity index (χ1v) is 7.73. The maximum atomic E-state index is 12.2. The highest BCUT2D eigenvalue weighted by atomic mass is 35.5. The summed E-state index contributed by atoms with van der Waals surface area (Å²) in [4.78, 5) is 23.7. The smallest absolute Gasteiger partial charge is 0.326 e. The van der Waals surface area contributed by atoms with Crippen molar-refractivity contribution in [2.75, 3.05) is 0 Å². The predicted octanol–water partition coefficient (Wildman–Crippen LogP) is 3.76. The molecule has 0 saturated heterocycles. The molecular weight excluding hydrogens is 313 g/mol. The number of benzene rings is 1. The molecule has 1 atom stereocenters. The summed E-state index contributed by atoms with van der Waals surface area (Å²) in [6, 6.07) is 3.65. The van der Waals surface area contributed by atoms with E-state index in [0.29, 0.717) is 5.02 Å². The molecule has 2 rings (SSSR count). The van der Waals surface area contributed by atoms with Crippen molar-refractivity contribution in [3.05, 3.63) is 33.8 Å². The van der Waals surface area contributed by atoms with Gasteiger partial charge >= 0.3 is 5.97 Å². The third-order valence-corrected chi connectivity index (χ3v) is 4.40. The number of carbonyl (C=O) groups excluding carboxylic acids is 1. The Morgan fingerprint density at radius 2 is 1.86 bits per heavy atom. The summed E-state index contributed by atoms with van der Waals surface area (Å²) in [7, 11) is 0. The molecule has 0 radical (unpaired) electrons. The molecule has 1 saturated carbocycles. The zero-order valence-electron chi connectivity index (χ0n) is 11.4. The van der Waals surface area contributed by atoms with Crippen LogP contribution in [0.2, 0.25) is 10.0 Å². The molecule has 0 aromatic heterocycles. The Balaban J connectivity index is 2.12. The van der Waals surface area contributed by atoms with E-state index >= 15 is 0 Å². The predicted molar refractivity (Wildman–Crippen MR) is 81.9 cm³/mol. The van der Waals surface area contributed by atoms with Gasteiger partial charge in [0.05, 0.1) is 10.6 Å². The molecule has 6 heteroatoms. The van der Waals surface area contributed by atoms with E-state index in [1.54, 1.807) is 6.07 Å². The second kappa shape index (κ2) is 7.14. The Labute approximate surface area is 133 Å². The van der Waals surface area contributed by atoms with Crippen LogP contribution in [0.5, 0.6) is 0 Å². The van der Waals surface area contributed by atoms with Crippen LogP contribution in [0.3, 0.4) is 0 Å². The zero-order chi connectivity index (χ0) is 15.4. The van der Waals surface area contributed by atoms with Crippen LogP contribution in [0.15, 0.2) is 18.2 Å². The number of carboxylic acids is 1. The molecule has 4 nitrogen and oxygen atoms in total. The number of carboxylic acid groups (broad SMARTS) is 1. The lowest BCUT2D eigenvalue weighted by Gasteiger charge is -2.28. The number of carbonyl (C=O) groups is 2. The van der Waals surface area contributed by atoms with Crippen molar-refractivity contribution < 1.29 is 14.7 Å². The van der Waals surface area contributed by atoms with Gasteiger partial charge in [0, 0.05) is 5.02 Å². The summed E-state index contributed by atoms with van der Waals surface area (Å²) in [5, 5.41) is 12.6. The fraction of sp³-hybridized carbons (Fsp3) is 0.467. The number of halogens is 2. The van der Waals surface area contributed by atoms with Crippen molar-refractivity contribution in [2.45, 2.75) is 38.1 Å². The lowest BCUT2D eigenvalue weighted by Crippen LogP contribution is -2.46. The number of amides is 1. The Hall–Kier alpha value is -1.26. The van der Waals surface area contributed by atoms with Crippen LogP contribution in [0.4, 0.5) is 0 Å². The number of nitrogens with one attached hydrogen (secondary N) is 1. The van der Waals surface area contributed by atoms with Gasteiger partial charge in [0.1, 0.15) is 6.04 Å². The SMILES string of the molecule is O=C(NC(C(=O)O)C1CCCCC1)c1ccc(Cl)cc1Cl. The lowest BCUT2D eigenvalue weighted by molar-refractivity contribution is -0.141. The van der Waals surface area contributed by atoms with Gasteiger partial charge < -0.3 is 10.4 Å². The third kappa shape index (κ3) is 4.11. The van der Waals surface area contributed by atoms with Crippen molar-refractivity contribution in [2.24, 2.45) is 5.92 Å². The minimum absolute atomic E-state index is 0.0220. The van der Waals surface area contributed by atoms with E-state index in [0.717, 1.165) is 32.1 Å².